The second kappa shape index (κ2) is 7.27. The van der Waals surface area contributed by atoms with Gasteiger partial charge in [0.25, 0.3) is 5.56 Å². The molecule has 9 heteroatoms. The maximum atomic E-state index is 12.8. The van der Waals surface area contributed by atoms with E-state index in [4.69, 9.17) is 11.6 Å². The van der Waals surface area contributed by atoms with Crippen LogP contribution in [0.15, 0.2) is 47.5 Å². The zero-order chi connectivity index (χ0) is 20.8. The van der Waals surface area contributed by atoms with Crippen LogP contribution >= 0.6 is 11.6 Å². The van der Waals surface area contributed by atoms with Gasteiger partial charge in [-0.3, -0.25) is 18.5 Å². The fourth-order valence-electron chi connectivity index (χ4n) is 3.57. The van der Waals surface area contributed by atoms with Crippen molar-refractivity contribution in [1.29, 1.82) is 0 Å². The quantitative estimate of drug-likeness (QED) is 0.592. The van der Waals surface area contributed by atoms with E-state index in [1.54, 1.807) is 36.4 Å². The molecule has 29 heavy (non-hydrogen) atoms. The van der Waals surface area contributed by atoms with Crippen molar-refractivity contribution >= 4 is 44.0 Å². The van der Waals surface area contributed by atoms with Gasteiger partial charge in [-0.2, -0.15) is 0 Å². The van der Waals surface area contributed by atoms with Gasteiger partial charge in [-0.15, -0.1) is 0 Å². The number of hydrogen-bond donors (Lipinski definition) is 0. The van der Waals surface area contributed by atoms with Crippen LogP contribution in [0.1, 0.15) is 22.3 Å². The Hall–Kier alpha value is -2.71. The molecule has 0 bridgehead atoms. The smallest absolute Gasteiger partial charge is 0.261 e. The molecule has 0 saturated carbocycles. The molecule has 0 spiro atoms. The van der Waals surface area contributed by atoms with Crippen molar-refractivity contribution in [3.8, 4) is 0 Å². The number of carbonyl (C=O) groups excluding carboxylic acids is 1. The summed E-state index contributed by atoms with van der Waals surface area (Å²) in [6.45, 7) is 0.278. The number of benzene rings is 2. The first-order chi connectivity index (χ1) is 13.7. The van der Waals surface area contributed by atoms with Crippen molar-refractivity contribution in [2.24, 2.45) is 0 Å². The van der Waals surface area contributed by atoms with E-state index in [0.717, 1.165) is 5.56 Å². The van der Waals surface area contributed by atoms with E-state index in [2.05, 4.69) is 4.98 Å². The molecule has 0 aliphatic carbocycles. The number of rotatable bonds is 4. The number of nitrogens with zero attached hydrogens (tertiary/aromatic N) is 3. The standard InChI is InChI=1S/C20H18ClN3O4S/c1-29(27,28)24-8-2-3-13-9-14(4-7-18(13)24)19(25)11-23-12-22-17-10-15(21)5-6-16(17)20(23)26/h4-7,9-10,12H,2-3,8,11H2,1H3. The number of ketones is 1. The summed E-state index contributed by atoms with van der Waals surface area (Å²) in [6.07, 6.45) is 3.89. The highest BCUT2D eigenvalue weighted by Crippen LogP contribution is 2.30. The monoisotopic (exact) mass is 431 g/mol. The molecule has 0 fully saturated rings. The summed E-state index contributed by atoms with van der Waals surface area (Å²) in [4.78, 5) is 29.6. The summed E-state index contributed by atoms with van der Waals surface area (Å²) in [7, 11) is -3.37. The second-order valence-corrected chi connectivity index (χ2v) is 9.39. The van der Waals surface area contributed by atoms with Crippen molar-refractivity contribution < 1.29 is 13.2 Å². The van der Waals surface area contributed by atoms with Crippen LogP contribution in [-0.2, 0) is 23.0 Å². The lowest BCUT2D eigenvalue weighted by Crippen LogP contribution is -2.34. The normalized spacial score (nSPS) is 14.1. The summed E-state index contributed by atoms with van der Waals surface area (Å²) in [5.74, 6) is -0.249. The van der Waals surface area contributed by atoms with Crippen LogP contribution in [0.5, 0.6) is 0 Å². The lowest BCUT2D eigenvalue weighted by atomic mass is 9.99. The molecule has 0 radical (unpaired) electrons. The van der Waals surface area contributed by atoms with Crippen LogP contribution in [-0.4, -0.2) is 36.6 Å². The number of sulfonamides is 1. The lowest BCUT2D eigenvalue weighted by molar-refractivity contribution is 0.0970. The van der Waals surface area contributed by atoms with Gasteiger partial charge in [0, 0.05) is 17.1 Å². The van der Waals surface area contributed by atoms with E-state index < -0.39 is 10.0 Å². The van der Waals surface area contributed by atoms with E-state index in [-0.39, 0.29) is 17.9 Å². The molecule has 0 saturated heterocycles. The van der Waals surface area contributed by atoms with E-state index in [1.165, 1.54) is 21.5 Å². The Balaban J connectivity index is 1.65. The zero-order valence-corrected chi connectivity index (χ0v) is 17.2. The van der Waals surface area contributed by atoms with Crippen molar-refractivity contribution in [1.82, 2.24) is 9.55 Å². The molecule has 4 rings (SSSR count). The molecular formula is C20H18ClN3O4S. The van der Waals surface area contributed by atoms with Crippen LogP contribution in [0.3, 0.4) is 0 Å². The van der Waals surface area contributed by atoms with E-state index in [0.29, 0.717) is 46.6 Å². The fraction of sp³-hybridized carbons (Fsp3) is 0.250. The predicted molar refractivity (Wildman–Crippen MR) is 112 cm³/mol. The summed E-state index contributed by atoms with van der Waals surface area (Å²) in [5, 5.41) is 0.870. The Morgan fingerprint density at radius 3 is 2.76 bits per heavy atom. The first-order valence-corrected chi connectivity index (χ1v) is 11.3. The summed E-state index contributed by atoms with van der Waals surface area (Å²) in [5.41, 5.74) is 2.01. The molecule has 7 nitrogen and oxygen atoms in total. The number of anilines is 1. The number of Topliss-reactive ketones (excluding diaryl/α,β-unsaturated/α-hetero) is 1. The van der Waals surface area contributed by atoms with Crippen molar-refractivity contribution in [2.45, 2.75) is 19.4 Å². The van der Waals surface area contributed by atoms with Gasteiger partial charge in [-0.25, -0.2) is 13.4 Å². The Morgan fingerprint density at radius 2 is 2.00 bits per heavy atom. The van der Waals surface area contributed by atoms with E-state index in [9.17, 15) is 18.0 Å². The first-order valence-electron chi connectivity index (χ1n) is 9.02. The molecule has 3 aromatic rings. The van der Waals surface area contributed by atoms with Gasteiger partial charge in [0.1, 0.15) is 0 Å². The molecule has 0 amide bonds. The minimum atomic E-state index is -3.37. The highest BCUT2D eigenvalue weighted by atomic mass is 35.5. The van der Waals surface area contributed by atoms with Gasteiger partial charge in [0.05, 0.1) is 35.7 Å². The SMILES string of the molecule is CS(=O)(=O)N1CCCc2cc(C(=O)Cn3cnc4cc(Cl)ccc4c3=O)ccc21. The van der Waals surface area contributed by atoms with Crippen LogP contribution in [0.25, 0.3) is 10.9 Å². The molecule has 0 N–H and O–H groups in total. The number of hydrogen-bond acceptors (Lipinski definition) is 5. The van der Waals surface area contributed by atoms with Crippen molar-refractivity contribution in [2.75, 3.05) is 17.1 Å². The Bertz CT molecular complexity index is 1300. The maximum absolute atomic E-state index is 12.8. The number of aromatic nitrogens is 2. The van der Waals surface area contributed by atoms with Crippen molar-refractivity contribution in [3.05, 3.63) is 69.2 Å². The largest absolute Gasteiger partial charge is 0.292 e. The molecule has 0 atom stereocenters. The average molecular weight is 432 g/mol. The number of aryl methyl sites for hydroxylation is 1. The highest BCUT2D eigenvalue weighted by molar-refractivity contribution is 7.92. The molecular weight excluding hydrogens is 414 g/mol. The Kier molecular flexibility index (Phi) is 4.92. The molecule has 1 aliphatic heterocycles. The van der Waals surface area contributed by atoms with Crippen LogP contribution < -0.4 is 9.86 Å². The third-order valence-electron chi connectivity index (χ3n) is 4.98. The van der Waals surface area contributed by atoms with Gasteiger partial charge < -0.3 is 0 Å². The number of carbonyl (C=O) groups is 1. The third kappa shape index (κ3) is 3.77. The Labute approximate surface area is 172 Å². The summed E-state index contributed by atoms with van der Waals surface area (Å²) >= 11 is 5.93. The average Bonchev–Trinajstić information content (AvgIpc) is 2.68. The van der Waals surface area contributed by atoms with Gasteiger partial charge in [0.2, 0.25) is 10.0 Å². The van der Waals surface area contributed by atoms with Crippen LogP contribution in [0, 0.1) is 0 Å². The molecule has 0 unspecified atom stereocenters. The van der Waals surface area contributed by atoms with Gasteiger partial charge >= 0.3 is 0 Å². The molecule has 150 valence electrons. The van der Waals surface area contributed by atoms with Gasteiger partial charge in [-0.05, 0) is 54.8 Å². The minimum Gasteiger partial charge on any atom is -0.292 e. The fourth-order valence-corrected chi connectivity index (χ4v) is 4.73. The number of halogens is 1. The van der Waals surface area contributed by atoms with Crippen molar-refractivity contribution in [3.63, 3.8) is 0 Å². The minimum absolute atomic E-state index is 0.154. The third-order valence-corrected chi connectivity index (χ3v) is 6.39. The second-order valence-electron chi connectivity index (χ2n) is 7.04. The molecule has 1 aromatic heterocycles. The number of fused-ring (bicyclic) bond motifs is 2. The maximum Gasteiger partial charge on any atom is 0.261 e. The predicted octanol–water partition coefficient (Wildman–Crippen LogP) is 2.65. The van der Waals surface area contributed by atoms with E-state index >= 15 is 0 Å². The van der Waals surface area contributed by atoms with Gasteiger partial charge in [-0.1, -0.05) is 11.6 Å². The molecule has 2 heterocycles. The lowest BCUT2D eigenvalue weighted by Gasteiger charge is -2.29. The van der Waals surface area contributed by atoms with Crippen LogP contribution in [0.2, 0.25) is 5.02 Å². The zero-order valence-electron chi connectivity index (χ0n) is 15.6. The molecule has 1 aliphatic rings. The highest BCUT2D eigenvalue weighted by Gasteiger charge is 2.24. The summed E-state index contributed by atoms with van der Waals surface area (Å²) < 4.78 is 26.6. The summed E-state index contributed by atoms with van der Waals surface area (Å²) in [6, 6.07) is 9.77. The van der Waals surface area contributed by atoms with Gasteiger partial charge in [0.15, 0.2) is 5.78 Å². The van der Waals surface area contributed by atoms with Crippen LogP contribution in [0.4, 0.5) is 5.69 Å². The van der Waals surface area contributed by atoms with E-state index in [1.807, 2.05) is 0 Å². The first kappa shape index (κ1) is 19.6. The Morgan fingerprint density at radius 1 is 1.21 bits per heavy atom. The topological polar surface area (TPSA) is 89.3 Å². The molecule has 2 aromatic carbocycles.